The van der Waals surface area contributed by atoms with Gasteiger partial charge < -0.3 is 14.5 Å². The third-order valence-corrected chi connectivity index (χ3v) is 4.65. The summed E-state index contributed by atoms with van der Waals surface area (Å²) in [6, 6.07) is 13.9. The molecule has 2 amide bonds. The van der Waals surface area contributed by atoms with Gasteiger partial charge in [-0.2, -0.15) is 0 Å². The summed E-state index contributed by atoms with van der Waals surface area (Å²) in [4.78, 5) is 28.1. The Morgan fingerprint density at radius 2 is 1.52 bits per heavy atom. The van der Waals surface area contributed by atoms with Crippen molar-refractivity contribution in [2.75, 3.05) is 32.8 Å². The van der Waals surface area contributed by atoms with Crippen LogP contribution in [0.5, 0.6) is 5.75 Å². The van der Waals surface area contributed by atoms with Gasteiger partial charge in [-0.25, -0.2) is 4.39 Å². The number of hydrogen-bond acceptors (Lipinski definition) is 3. The lowest BCUT2D eigenvalue weighted by atomic mass is 10.1. The Kier molecular flexibility index (Phi) is 6.06. The van der Waals surface area contributed by atoms with E-state index in [0.29, 0.717) is 32.6 Å². The van der Waals surface area contributed by atoms with Crippen molar-refractivity contribution in [3.05, 3.63) is 65.5 Å². The van der Waals surface area contributed by atoms with Crippen LogP contribution < -0.4 is 4.74 Å². The molecule has 142 valence electrons. The van der Waals surface area contributed by atoms with Crippen LogP contribution in [-0.4, -0.2) is 54.4 Å². The Hall–Kier alpha value is -2.89. The zero-order chi connectivity index (χ0) is 19.2. The Labute approximate surface area is 158 Å². The lowest BCUT2D eigenvalue weighted by Crippen LogP contribution is -2.52. The average molecular weight is 370 g/mol. The minimum atomic E-state index is -0.489. The highest BCUT2D eigenvalue weighted by Gasteiger charge is 2.24. The maximum atomic E-state index is 13.5. The van der Waals surface area contributed by atoms with Gasteiger partial charge in [0.25, 0.3) is 5.91 Å². The number of benzene rings is 2. The van der Waals surface area contributed by atoms with Gasteiger partial charge in [0.2, 0.25) is 5.91 Å². The van der Waals surface area contributed by atoms with Gasteiger partial charge in [-0.1, -0.05) is 42.0 Å². The molecule has 1 heterocycles. The van der Waals surface area contributed by atoms with Crippen LogP contribution in [0.25, 0.3) is 0 Å². The van der Waals surface area contributed by atoms with Gasteiger partial charge in [0.05, 0.1) is 6.42 Å². The molecule has 0 unspecified atom stereocenters. The number of hydrogen-bond donors (Lipinski definition) is 0. The van der Waals surface area contributed by atoms with Crippen molar-refractivity contribution in [3.8, 4) is 5.75 Å². The van der Waals surface area contributed by atoms with E-state index in [1.54, 1.807) is 21.9 Å². The lowest BCUT2D eigenvalue weighted by Gasteiger charge is -2.34. The third kappa shape index (κ3) is 5.06. The van der Waals surface area contributed by atoms with Crippen LogP contribution in [0.3, 0.4) is 0 Å². The number of para-hydroxylation sites is 1. The van der Waals surface area contributed by atoms with Crippen molar-refractivity contribution < 1.29 is 18.7 Å². The first-order chi connectivity index (χ1) is 13.0. The van der Waals surface area contributed by atoms with E-state index in [2.05, 4.69) is 0 Å². The maximum absolute atomic E-state index is 13.5. The fourth-order valence-corrected chi connectivity index (χ4v) is 2.99. The molecule has 0 bridgehead atoms. The molecule has 5 nitrogen and oxygen atoms in total. The molecule has 0 aliphatic carbocycles. The summed E-state index contributed by atoms with van der Waals surface area (Å²) in [6.45, 7) is 3.71. The van der Waals surface area contributed by atoms with Crippen molar-refractivity contribution in [1.82, 2.24) is 9.80 Å². The zero-order valence-corrected chi connectivity index (χ0v) is 15.4. The van der Waals surface area contributed by atoms with Gasteiger partial charge in [0.1, 0.15) is 0 Å². The summed E-state index contributed by atoms with van der Waals surface area (Å²) in [6.07, 6.45) is 0.366. The topological polar surface area (TPSA) is 49.9 Å². The molecule has 1 aliphatic rings. The number of nitrogens with zero attached hydrogens (tertiary/aromatic N) is 2. The summed E-state index contributed by atoms with van der Waals surface area (Å²) < 4.78 is 18.8. The lowest BCUT2D eigenvalue weighted by molar-refractivity contribution is -0.140. The average Bonchev–Trinajstić information content (AvgIpc) is 2.69. The molecule has 27 heavy (non-hydrogen) atoms. The number of ether oxygens (including phenoxy) is 1. The molecule has 0 spiro atoms. The first-order valence-electron chi connectivity index (χ1n) is 9.01. The van der Waals surface area contributed by atoms with Crippen LogP contribution in [0.15, 0.2) is 48.5 Å². The predicted molar refractivity (Wildman–Crippen MR) is 99.9 cm³/mol. The monoisotopic (exact) mass is 370 g/mol. The molecule has 2 aromatic rings. The second-order valence-electron chi connectivity index (χ2n) is 6.64. The first-order valence-corrected chi connectivity index (χ1v) is 9.01. The molecule has 2 aromatic carbocycles. The highest BCUT2D eigenvalue weighted by atomic mass is 19.1. The van der Waals surface area contributed by atoms with Gasteiger partial charge in [-0.05, 0) is 24.6 Å². The number of rotatable bonds is 5. The van der Waals surface area contributed by atoms with Crippen LogP contribution >= 0.6 is 0 Å². The molecule has 1 aliphatic heterocycles. The fourth-order valence-electron chi connectivity index (χ4n) is 2.99. The molecule has 0 radical (unpaired) electrons. The Morgan fingerprint density at radius 3 is 2.15 bits per heavy atom. The molecule has 0 saturated carbocycles. The van der Waals surface area contributed by atoms with Crippen molar-refractivity contribution in [2.24, 2.45) is 0 Å². The zero-order valence-electron chi connectivity index (χ0n) is 15.4. The smallest absolute Gasteiger partial charge is 0.260 e. The second-order valence-corrected chi connectivity index (χ2v) is 6.64. The molecule has 1 fully saturated rings. The molecule has 0 aromatic heterocycles. The van der Waals surface area contributed by atoms with Gasteiger partial charge >= 0.3 is 0 Å². The van der Waals surface area contributed by atoms with E-state index >= 15 is 0 Å². The second kappa shape index (κ2) is 8.66. The Bertz CT molecular complexity index is 799. The van der Waals surface area contributed by atoms with E-state index in [-0.39, 0.29) is 24.2 Å². The van der Waals surface area contributed by atoms with Crippen LogP contribution in [-0.2, 0) is 16.0 Å². The summed E-state index contributed by atoms with van der Waals surface area (Å²) in [5, 5.41) is 0. The van der Waals surface area contributed by atoms with E-state index in [1.165, 1.54) is 12.1 Å². The molecule has 6 heteroatoms. The number of carbonyl (C=O) groups is 2. The number of amides is 2. The Balaban J connectivity index is 1.45. The molecular weight excluding hydrogens is 347 g/mol. The molecule has 0 atom stereocenters. The molecule has 3 rings (SSSR count). The van der Waals surface area contributed by atoms with Crippen LogP contribution in [0, 0.1) is 12.7 Å². The van der Waals surface area contributed by atoms with Crippen molar-refractivity contribution in [2.45, 2.75) is 13.3 Å². The van der Waals surface area contributed by atoms with Gasteiger partial charge in [-0.3, -0.25) is 9.59 Å². The largest absolute Gasteiger partial charge is 0.481 e. The van der Waals surface area contributed by atoms with Crippen LogP contribution in [0.4, 0.5) is 4.39 Å². The quantitative estimate of drug-likeness (QED) is 0.812. The van der Waals surface area contributed by atoms with Crippen molar-refractivity contribution in [3.63, 3.8) is 0 Å². The highest BCUT2D eigenvalue weighted by Crippen LogP contribution is 2.15. The van der Waals surface area contributed by atoms with E-state index in [4.69, 9.17) is 4.74 Å². The summed E-state index contributed by atoms with van der Waals surface area (Å²) in [5.74, 6) is -0.563. The first kappa shape index (κ1) is 18.9. The van der Waals surface area contributed by atoms with Gasteiger partial charge in [0.15, 0.2) is 18.2 Å². The molecule has 0 N–H and O–H groups in total. The number of carbonyl (C=O) groups excluding carboxylic acids is 2. The van der Waals surface area contributed by atoms with Crippen molar-refractivity contribution >= 4 is 11.8 Å². The third-order valence-electron chi connectivity index (χ3n) is 4.65. The van der Waals surface area contributed by atoms with E-state index in [1.807, 2.05) is 31.2 Å². The summed E-state index contributed by atoms with van der Waals surface area (Å²) >= 11 is 0. The Morgan fingerprint density at radius 1 is 0.926 bits per heavy atom. The summed E-state index contributed by atoms with van der Waals surface area (Å²) in [5.41, 5.74) is 2.15. The van der Waals surface area contributed by atoms with Crippen LogP contribution in [0.1, 0.15) is 11.1 Å². The van der Waals surface area contributed by atoms with Gasteiger partial charge in [-0.15, -0.1) is 0 Å². The number of piperazine rings is 1. The number of halogens is 1. The normalized spacial score (nSPS) is 14.1. The van der Waals surface area contributed by atoms with E-state index in [9.17, 15) is 14.0 Å². The minimum Gasteiger partial charge on any atom is -0.481 e. The SMILES string of the molecule is Cc1ccc(CC(=O)N2CCN(C(=O)COc3ccccc3F)CC2)cc1. The van der Waals surface area contributed by atoms with Crippen LogP contribution in [0.2, 0.25) is 0 Å². The fraction of sp³-hybridized carbons (Fsp3) is 0.333. The highest BCUT2D eigenvalue weighted by molar-refractivity contribution is 5.80. The predicted octanol–water partition coefficient (Wildman–Crippen LogP) is 2.43. The standard InChI is InChI=1S/C21H23FN2O3/c1-16-6-8-17(9-7-16)14-20(25)23-10-12-24(13-11-23)21(26)15-27-19-5-3-2-4-18(19)22/h2-9H,10-15H2,1H3. The van der Waals surface area contributed by atoms with E-state index in [0.717, 1.165) is 11.1 Å². The minimum absolute atomic E-state index is 0.0635. The van der Waals surface area contributed by atoms with Gasteiger partial charge in [0, 0.05) is 26.2 Å². The summed E-state index contributed by atoms with van der Waals surface area (Å²) in [7, 11) is 0. The molecule has 1 saturated heterocycles. The number of aryl methyl sites for hydroxylation is 1. The van der Waals surface area contributed by atoms with Crippen molar-refractivity contribution in [1.29, 1.82) is 0 Å². The maximum Gasteiger partial charge on any atom is 0.260 e. The van der Waals surface area contributed by atoms with E-state index < -0.39 is 5.82 Å². The molecular formula is C21H23FN2O3.